The Morgan fingerprint density at radius 3 is 2.62 bits per heavy atom. The van der Waals surface area contributed by atoms with Crippen molar-refractivity contribution < 1.29 is 19.4 Å². The minimum absolute atomic E-state index is 0.0840. The van der Waals surface area contributed by atoms with E-state index in [9.17, 15) is 14.7 Å². The number of halogens is 2. The number of amides is 1. The van der Waals surface area contributed by atoms with Crippen molar-refractivity contribution in [2.45, 2.75) is 18.4 Å². The number of thioether (sulfide) groups is 1. The molecule has 2 rings (SSSR count). The number of carboxylic acid groups (broad SMARTS) is 1. The molecule has 5 nitrogen and oxygen atoms in total. The van der Waals surface area contributed by atoms with Crippen molar-refractivity contribution in [3.63, 3.8) is 0 Å². The highest BCUT2D eigenvalue weighted by molar-refractivity contribution is 9.10. The summed E-state index contributed by atoms with van der Waals surface area (Å²) in [7, 11) is 0. The molecule has 0 saturated carbocycles. The van der Waals surface area contributed by atoms with Gasteiger partial charge in [-0.3, -0.25) is 0 Å². The van der Waals surface area contributed by atoms with Crippen LogP contribution in [0.1, 0.15) is 11.1 Å². The fourth-order valence-electron chi connectivity index (χ4n) is 2.01. The molecule has 0 aromatic heterocycles. The lowest BCUT2D eigenvalue weighted by Gasteiger charge is -2.14. The highest BCUT2D eigenvalue weighted by Crippen LogP contribution is 2.25. The van der Waals surface area contributed by atoms with Crippen LogP contribution in [0.3, 0.4) is 0 Å². The number of rotatable bonds is 8. The first-order valence-corrected chi connectivity index (χ1v) is 10.00. The van der Waals surface area contributed by atoms with Crippen LogP contribution >= 0.6 is 39.3 Å². The van der Waals surface area contributed by atoms with Crippen molar-refractivity contribution in [1.82, 2.24) is 5.32 Å². The third kappa shape index (κ3) is 6.90. The van der Waals surface area contributed by atoms with Crippen molar-refractivity contribution in [3.05, 3.63) is 69.2 Å². The Bertz CT molecular complexity index is 760. The van der Waals surface area contributed by atoms with Gasteiger partial charge in [0, 0.05) is 21.0 Å². The van der Waals surface area contributed by atoms with Crippen LogP contribution in [0.5, 0.6) is 0 Å². The summed E-state index contributed by atoms with van der Waals surface area (Å²) in [6, 6.07) is 13.6. The van der Waals surface area contributed by atoms with Crippen LogP contribution < -0.4 is 5.32 Å². The summed E-state index contributed by atoms with van der Waals surface area (Å²) < 4.78 is 5.93. The predicted molar refractivity (Wildman–Crippen MR) is 107 cm³/mol. The number of hydrogen-bond acceptors (Lipinski definition) is 4. The molecule has 2 aromatic carbocycles. The molecule has 0 heterocycles. The van der Waals surface area contributed by atoms with E-state index in [2.05, 4.69) is 21.2 Å². The van der Waals surface area contributed by atoms with E-state index in [-0.39, 0.29) is 12.4 Å². The molecule has 0 radical (unpaired) electrons. The Balaban J connectivity index is 1.80. The molecule has 1 atom stereocenters. The first-order chi connectivity index (χ1) is 12.5. The van der Waals surface area contributed by atoms with Gasteiger partial charge in [-0.05, 0) is 23.3 Å². The van der Waals surface area contributed by atoms with Crippen LogP contribution in [0.4, 0.5) is 4.79 Å². The molecule has 1 amide bonds. The Hall–Kier alpha value is -1.70. The highest BCUT2D eigenvalue weighted by Gasteiger charge is 2.21. The van der Waals surface area contributed by atoms with Gasteiger partial charge in [0.1, 0.15) is 12.6 Å². The van der Waals surface area contributed by atoms with Gasteiger partial charge in [-0.15, -0.1) is 0 Å². The normalized spacial score (nSPS) is 11.6. The van der Waals surface area contributed by atoms with Gasteiger partial charge in [0.05, 0.1) is 0 Å². The first kappa shape index (κ1) is 20.6. The molecule has 26 heavy (non-hydrogen) atoms. The molecule has 0 aliphatic heterocycles. The van der Waals surface area contributed by atoms with E-state index in [0.717, 1.165) is 15.6 Å². The van der Waals surface area contributed by atoms with E-state index in [1.54, 1.807) is 6.07 Å². The average Bonchev–Trinajstić information content (AvgIpc) is 2.61. The molecule has 0 fully saturated rings. The Morgan fingerprint density at radius 1 is 1.23 bits per heavy atom. The van der Waals surface area contributed by atoms with Gasteiger partial charge in [-0.2, -0.15) is 11.8 Å². The van der Waals surface area contributed by atoms with Crippen LogP contribution in [0.15, 0.2) is 53.0 Å². The van der Waals surface area contributed by atoms with Gasteiger partial charge in [0.15, 0.2) is 0 Å². The summed E-state index contributed by atoms with van der Waals surface area (Å²) in [6.07, 6.45) is -0.761. The first-order valence-electron chi connectivity index (χ1n) is 7.67. The molecule has 2 aromatic rings. The van der Waals surface area contributed by atoms with Gasteiger partial charge in [0.25, 0.3) is 0 Å². The number of aliphatic carboxylic acids is 1. The number of carbonyl (C=O) groups is 2. The molecule has 1 unspecified atom stereocenters. The number of benzene rings is 2. The maximum absolute atomic E-state index is 11.8. The van der Waals surface area contributed by atoms with Crippen molar-refractivity contribution in [2.24, 2.45) is 0 Å². The zero-order valence-electron chi connectivity index (χ0n) is 13.7. The largest absolute Gasteiger partial charge is 0.480 e. The standard InChI is InChI=1S/C18H17BrClNO4S/c19-14-7-6-13(15(20)8-14)10-26-11-16(17(22)23)21-18(24)25-9-12-4-2-1-3-5-12/h1-8,16H,9-11H2,(H,21,24)(H,22,23). The zero-order valence-corrected chi connectivity index (χ0v) is 16.8. The summed E-state index contributed by atoms with van der Waals surface area (Å²) in [5.74, 6) is -0.380. The van der Waals surface area contributed by atoms with Crippen molar-refractivity contribution in [3.8, 4) is 0 Å². The van der Waals surface area contributed by atoms with Gasteiger partial charge >= 0.3 is 12.1 Å². The SMILES string of the molecule is O=C(NC(CSCc1ccc(Br)cc1Cl)C(=O)O)OCc1ccccc1. The molecule has 2 N–H and O–H groups in total. The Morgan fingerprint density at radius 2 is 1.96 bits per heavy atom. The van der Waals surface area contributed by atoms with Gasteiger partial charge < -0.3 is 15.2 Å². The van der Waals surface area contributed by atoms with Crippen molar-refractivity contribution in [1.29, 1.82) is 0 Å². The lowest BCUT2D eigenvalue weighted by molar-refractivity contribution is -0.138. The molecule has 138 valence electrons. The van der Waals surface area contributed by atoms with Crippen molar-refractivity contribution in [2.75, 3.05) is 5.75 Å². The summed E-state index contributed by atoms with van der Waals surface area (Å²) >= 11 is 10.8. The van der Waals surface area contributed by atoms with Crippen LogP contribution in [0.2, 0.25) is 5.02 Å². The molecule has 0 aliphatic rings. The number of hydrogen-bond donors (Lipinski definition) is 2. The number of carboxylic acids is 1. The third-order valence-corrected chi connectivity index (χ3v) is 5.29. The average molecular weight is 459 g/mol. The molecule has 0 bridgehead atoms. The fourth-order valence-corrected chi connectivity index (χ4v) is 3.88. The second kappa shape index (κ2) is 10.4. The third-order valence-electron chi connectivity index (χ3n) is 3.36. The zero-order chi connectivity index (χ0) is 18.9. The number of alkyl carbamates (subject to hydrolysis) is 1. The minimum atomic E-state index is -1.11. The minimum Gasteiger partial charge on any atom is -0.480 e. The maximum atomic E-state index is 11.8. The van der Waals surface area contributed by atoms with Gasteiger partial charge in [-0.1, -0.05) is 63.9 Å². The van der Waals surface area contributed by atoms with Crippen LogP contribution in [-0.2, 0) is 21.9 Å². The summed E-state index contributed by atoms with van der Waals surface area (Å²) in [4.78, 5) is 23.2. The van der Waals surface area contributed by atoms with Crippen LogP contribution in [0.25, 0.3) is 0 Å². The van der Waals surface area contributed by atoms with Crippen molar-refractivity contribution >= 4 is 51.4 Å². The number of carbonyl (C=O) groups excluding carboxylic acids is 1. The summed E-state index contributed by atoms with van der Waals surface area (Å²) in [6.45, 7) is 0.0840. The van der Waals surface area contributed by atoms with E-state index in [1.807, 2.05) is 42.5 Å². The Kier molecular flexibility index (Phi) is 8.28. The van der Waals surface area contributed by atoms with E-state index in [1.165, 1.54) is 11.8 Å². The fraction of sp³-hybridized carbons (Fsp3) is 0.222. The van der Waals surface area contributed by atoms with E-state index < -0.39 is 18.1 Å². The summed E-state index contributed by atoms with van der Waals surface area (Å²) in [5.41, 5.74) is 1.73. The lowest BCUT2D eigenvalue weighted by Crippen LogP contribution is -2.42. The molecule has 0 aliphatic carbocycles. The monoisotopic (exact) mass is 457 g/mol. The second-order valence-electron chi connectivity index (χ2n) is 5.35. The smallest absolute Gasteiger partial charge is 0.408 e. The molecular formula is C18H17BrClNO4S. The molecule has 8 heteroatoms. The molecular weight excluding hydrogens is 442 g/mol. The summed E-state index contributed by atoms with van der Waals surface area (Å²) in [5, 5.41) is 12.3. The van der Waals surface area contributed by atoms with Gasteiger partial charge in [0.2, 0.25) is 0 Å². The maximum Gasteiger partial charge on any atom is 0.408 e. The van der Waals surface area contributed by atoms with Crippen LogP contribution in [0, 0.1) is 0 Å². The topological polar surface area (TPSA) is 75.6 Å². The molecule has 0 saturated heterocycles. The Labute approximate surface area is 169 Å². The quantitative estimate of drug-likeness (QED) is 0.599. The highest BCUT2D eigenvalue weighted by atomic mass is 79.9. The van der Waals surface area contributed by atoms with E-state index >= 15 is 0 Å². The number of ether oxygens (including phenoxy) is 1. The van der Waals surface area contributed by atoms with Crippen LogP contribution in [-0.4, -0.2) is 29.0 Å². The lowest BCUT2D eigenvalue weighted by atomic mass is 10.2. The van der Waals surface area contributed by atoms with E-state index in [0.29, 0.717) is 10.8 Å². The van der Waals surface area contributed by atoms with E-state index in [4.69, 9.17) is 16.3 Å². The second-order valence-corrected chi connectivity index (χ2v) is 7.70. The van der Waals surface area contributed by atoms with Gasteiger partial charge in [-0.25, -0.2) is 9.59 Å². The number of nitrogens with one attached hydrogen (secondary N) is 1. The molecule has 0 spiro atoms. The predicted octanol–water partition coefficient (Wildman–Crippen LogP) is 4.72.